The predicted molar refractivity (Wildman–Crippen MR) is 124 cm³/mol. The Bertz CT molecular complexity index is 813. The molecule has 0 fully saturated rings. The first-order valence-corrected chi connectivity index (χ1v) is 10.0. The van der Waals surface area contributed by atoms with E-state index in [1.807, 2.05) is 18.2 Å². The van der Waals surface area contributed by atoms with Crippen LogP contribution in [0.15, 0.2) is 52.8 Å². The standard InChI is InChI=1S/C19H22N4S2.HI/c1-3-20-19(21-12-16-10-7-11-24-16)22-13-17-14(2)23-18(25-17)15-8-5-4-6-9-15;/h4-11H,3,12-13H2,1-2H3,(H2,20,21,22);1H. The molecule has 0 saturated carbocycles. The summed E-state index contributed by atoms with van der Waals surface area (Å²) >= 11 is 3.46. The molecule has 26 heavy (non-hydrogen) atoms. The second-order valence-corrected chi connectivity index (χ2v) is 7.64. The molecule has 0 radical (unpaired) electrons. The Balaban J connectivity index is 0.00000243. The molecule has 3 aromatic rings. The summed E-state index contributed by atoms with van der Waals surface area (Å²) < 4.78 is 0. The number of nitrogens with one attached hydrogen (secondary N) is 2. The number of halogens is 1. The van der Waals surface area contributed by atoms with Crippen molar-refractivity contribution in [1.29, 1.82) is 0 Å². The van der Waals surface area contributed by atoms with Crippen LogP contribution in [0.5, 0.6) is 0 Å². The summed E-state index contributed by atoms with van der Waals surface area (Å²) in [6.07, 6.45) is 0. The lowest BCUT2D eigenvalue weighted by atomic mass is 10.2. The van der Waals surface area contributed by atoms with E-state index in [4.69, 9.17) is 4.98 Å². The van der Waals surface area contributed by atoms with E-state index in [9.17, 15) is 0 Å². The molecule has 7 heteroatoms. The van der Waals surface area contributed by atoms with Gasteiger partial charge >= 0.3 is 0 Å². The van der Waals surface area contributed by atoms with Gasteiger partial charge in [0.05, 0.1) is 18.8 Å². The van der Waals surface area contributed by atoms with Crippen LogP contribution in [0.1, 0.15) is 22.4 Å². The molecule has 0 spiro atoms. The quantitative estimate of drug-likeness (QED) is 0.284. The molecule has 4 nitrogen and oxygen atoms in total. The summed E-state index contributed by atoms with van der Waals surface area (Å²) in [5.41, 5.74) is 2.24. The number of thiophene rings is 1. The molecule has 3 rings (SSSR count). The van der Waals surface area contributed by atoms with Crippen LogP contribution in [0.3, 0.4) is 0 Å². The molecule has 0 aliphatic rings. The van der Waals surface area contributed by atoms with Crippen molar-refractivity contribution in [1.82, 2.24) is 15.6 Å². The van der Waals surface area contributed by atoms with Gasteiger partial charge in [0, 0.05) is 21.9 Å². The molecule has 0 aliphatic heterocycles. The SMILES string of the molecule is CCNC(=NCc1cccs1)NCc1sc(-c2ccccc2)nc1C.I. The van der Waals surface area contributed by atoms with Crippen molar-refractivity contribution in [2.24, 2.45) is 4.99 Å². The zero-order valence-corrected chi connectivity index (χ0v) is 18.8. The van der Waals surface area contributed by atoms with Crippen molar-refractivity contribution in [3.05, 3.63) is 63.3 Å². The number of hydrogen-bond donors (Lipinski definition) is 2. The van der Waals surface area contributed by atoms with Crippen molar-refractivity contribution >= 4 is 52.6 Å². The Morgan fingerprint density at radius 3 is 2.62 bits per heavy atom. The Morgan fingerprint density at radius 1 is 1.12 bits per heavy atom. The van der Waals surface area contributed by atoms with Gasteiger partial charge in [-0.3, -0.25) is 0 Å². The van der Waals surface area contributed by atoms with E-state index < -0.39 is 0 Å². The van der Waals surface area contributed by atoms with E-state index in [0.29, 0.717) is 6.54 Å². The number of benzene rings is 1. The molecule has 1 aromatic carbocycles. The minimum atomic E-state index is 0. The van der Waals surface area contributed by atoms with Crippen LogP contribution >= 0.6 is 46.7 Å². The van der Waals surface area contributed by atoms with Gasteiger partial charge in [-0.15, -0.1) is 46.7 Å². The second kappa shape index (κ2) is 10.6. The molecule has 0 aliphatic carbocycles. The third-order valence-electron chi connectivity index (χ3n) is 3.65. The summed E-state index contributed by atoms with van der Waals surface area (Å²) in [6, 6.07) is 14.5. The van der Waals surface area contributed by atoms with Crippen LogP contribution in [-0.4, -0.2) is 17.5 Å². The van der Waals surface area contributed by atoms with Gasteiger partial charge in [-0.05, 0) is 25.3 Å². The van der Waals surface area contributed by atoms with Gasteiger partial charge in [0.15, 0.2) is 5.96 Å². The smallest absolute Gasteiger partial charge is 0.191 e. The topological polar surface area (TPSA) is 49.3 Å². The number of guanidine groups is 1. The molecule has 138 valence electrons. The highest BCUT2D eigenvalue weighted by Crippen LogP contribution is 2.27. The number of aliphatic imine (C=N–C) groups is 1. The molecule has 0 saturated heterocycles. The molecule has 0 atom stereocenters. The number of thiazole rings is 1. The Hall–Kier alpha value is -1.45. The fourth-order valence-corrected chi connectivity index (χ4v) is 4.00. The summed E-state index contributed by atoms with van der Waals surface area (Å²) in [4.78, 5) is 11.9. The molecule has 2 N–H and O–H groups in total. The molecule has 0 bridgehead atoms. The highest BCUT2D eigenvalue weighted by Gasteiger charge is 2.09. The van der Waals surface area contributed by atoms with Crippen molar-refractivity contribution in [3.63, 3.8) is 0 Å². The maximum atomic E-state index is 4.71. The zero-order valence-electron chi connectivity index (χ0n) is 14.9. The average Bonchev–Trinajstić information content (AvgIpc) is 3.28. The molecule has 2 aromatic heterocycles. The summed E-state index contributed by atoms with van der Waals surface area (Å²) in [5, 5.41) is 9.87. The van der Waals surface area contributed by atoms with Crippen LogP contribution in [0.25, 0.3) is 10.6 Å². The first-order chi connectivity index (χ1) is 12.3. The zero-order chi connectivity index (χ0) is 17.5. The summed E-state index contributed by atoms with van der Waals surface area (Å²) in [5.74, 6) is 0.838. The monoisotopic (exact) mass is 498 g/mol. The van der Waals surface area contributed by atoms with Crippen LogP contribution in [0.4, 0.5) is 0 Å². The van der Waals surface area contributed by atoms with Gasteiger partial charge in [-0.1, -0.05) is 36.4 Å². The lowest BCUT2D eigenvalue weighted by Crippen LogP contribution is -2.36. The van der Waals surface area contributed by atoms with E-state index in [1.165, 1.54) is 15.3 Å². The molecule has 0 amide bonds. The minimum absolute atomic E-state index is 0. The molecule has 0 unspecified atom stereocenters. The van der Waals surface area contributed by atoms with Gasteiger partial charge in [-0.25, -0.2) is 9.98 Å². The van der Waals surface area contributed by atoms with Gasteiger partial charge in [0.25, 0.3) is 0 Å². The van der Waals surface area contributed by atoms with Crippen molar-refractivity contribution < 1.29 is 0 Å². The third-order valence-corrected chi connectivity index (χ3v) is 5.71. The number of aromatic nitrogens is 1. The highest BCUT2D eigenvalue weighted by molar-refractivity contribution is 14.0. The van der Waals surface area contributed by atoms with Crippen LogP contribution < -0.4 is 10.6 Å². The summed E-state index contributed by atoms with van der Waals surface area (Å²) in [6.45, 7) is 6.41. The Kier molecular flexibility index (Phi) is 8.53. The first-order valence-electron chi connectivity index (χ1n) is 8.32. The van der Waals surface area contributed by atoms with Gasteiger partial charge < -0.3 is 10.6 Å². The Morgan fingerprint density at radius 2 is 1.92 bits per heavy atom. The van der Waals surface area contributed by atoms with Gasteiger partial charge in [-0.2, -0.15) is 0 Å². The van der Waals surface area contributed by atoms with E-state index in [-0.39, 0.29) is 24.0 Å². The van der Waals surface area contributed by atoms with Gasteiger partial charge in [0.2, 0.25) is 0 Å². The van der Waals surface area contributed by atoms with E-state index in [1.54, 1.807) is 22.7 Å². The largest absolute Gasteiger partial charge is 0.357 e. The minimum Gasteiger partial charge on any atom is -0.357 e. The Labute approximate surface area is 179 Å². The lowest BCUT2D eigenvalue weighted by Gasteiger charge is -2.10. The lowest BCUT2D eigenvalue weighted by molar-refractivity contribution is 0.820. The molecule has 2 heterocycles. The van der Waals surface area contributed by atoms with Crippen molar-refractivity contribution in [2.45, 2.75) is 26.9 Å². The maximum absolute atomic E-state index is 4.71. The molecular weight excluding hydrogens is 475 g/mol. The summed E-state index contributed by atoms with van der Waals surface area (Å²) in [7, 11) is 0. The number of aryl methyl sites for hydroxylation is 1. The fraction of sp³-hybridized carbons (Fsp3) is 0.263. The highest BCUT2D eigenvalue weighted by atomic mass is 127. The fourth-order valence-electron chi connectivity index (χ4n) is 2.36. The number of rotatable bonds is 6. The normalized spacial score (nSPS) is 11.1. The number of hydrogen-bond acceptors (Lipinski definition) is 4. The van der Waals surface area contributed by atoms with E-state index in [0.717, 1.165) is 29.8 Å². The molecular formula is C19H23IN4S2. The van der Waals surface area contributed by atoms with Crippen LogP contribution in [0, 0.1) is 6.92 Å². The first kappa shape index (κ1) is 20.9. The van der Waals surface area contributed by atoms with Crippen molar-refractivity contribution in [2.75, 3.05) is 6.54 Å². The average molecular weight is 498 g/mol. The second-order valence-electron chi connectivity index (χ2n) is 5.52. The van der Waals surface area contributed by atoms with Crippen LogP contribution in [-0.2, 0) is 13.1 Å². The maximum Gasteiger partial charge on any atom is 0.191 e. The van der Waals surface area contributed by atoms with Crippen molar-refractivity contribution in [3.8, 4) is 10.6 Å². The third kappa shape index (κ3) is 5.78. The number of nitrogens with zero attached hydrogens (tertiary/aromatic N) is 2. The van der Waals surface area contributed by atoms with Crippen LogP contribution in [0.2, 0.25) is 0 Å². The van der Waals surface area contributed by atoms with E-state index in [2.05, 4.69) is 59.1 Å². The van der Waals surface area contributed by atoms with Gasteiger partial charge in [0.1, 0.15) is 5.01 Å². The predicted octanol–water partition coefficient (Wildman–Crippen LogP) is 5.05. The van der Waals surface area contributed by atoms with E-state index >= 15 is 0 Å².